The molecule has 0 aromatic carbocycles. The van der Waals surface area contributed by atoms with Crippen molar-refractivity contribution in [2.24, 2.45) is 4.99 Å². The van der Waals surface area contributed by atoms with Crippen LogP contribution in [0.2, 0.25) is 0 Å². The smallest absolute Gasteiger partial charge is 0.191 e. The van der Waals surface area contributed by atoms with E-state index in [4.69, 9.17) is 9.47 Å². The van der Waals surface area contributed by atoms with Crippen LogP contribution in [0.4, 0.5) is 0 Å². The van der Waals surface area contributed by atoms with Crippen molar-refractivity contribution in [3.05, 3.63) is 0 Å². The first kappa shape index (κ1) is 24.9. The van der Waals surface area contributed by atoms with E-state index < -0.39 is 14.6 Å². The van der Waals surface area contributed by atoms with E-state index in [2.05, 4.69) is 15.6 Å². The summed E-state index contributed by atoms with van der Waals surface area (Å²) in [5.74, 6) is 0.651. The van der Waals surface area contributed by atoms with E-state index in [1.807, 2.05) is 13.8 Å². The lowest BCUT2D eigenvalue weighted by Gasteiger charge is -2.20. The van der Waals surface area contributed by atoms with E-state index >= 15 is 0 Å². The Bertz CT molecular complexity index is 500. The highest BCUT2D eigenvalue weighted by Crippen LogP contribution is 2.15. The van der Waals surface area contributed by atoms with Gasteiger partial charge in [0.05, 0.1) is 36.4 Å². The van der Waals surface area contributed by atoms with E-state index in [1.54, 1.807) is 20.8 Å². The Morgan fingerprint density at radius 1 is 1.40 bits per heavy atom. The fourth-order valence-electron chi connectivity index (χ4n) is 2.10. The van der Waals surface area contributed by atoms with Gasteiger partial charge in [0.25, 0.3) is 0 Å². The molecule has 2 atom stereocenters. The second-order valence-electron chi connectivity index (χ2n) is 7.06. The minimum atomic E-state index is -3.16. The number of nitrogens with zero attached hydrogens (tertiary/aromatic N) is 1. The average Bonchev–Trinajstić information content (AvgIpc) is 2.97. The normalized spacial score (nSPS) is 20.0. The zero-order valence-corrected chi connectivity index (χ0v) is 19.1. The summed E-state index contributed by atoms with van der Waals surface area (Å²) in [5, 5.41) is 6.38. The molecule has 0 saturated carbocycles. The van der Waals surface area contributed by atoms with Crippen LogP contribution in [0.15, 0.2) is 4.99 Å². The number of aliphatic imine (C=N–C) groups is 1. The van der Waals surface area contributed by atoms with E-state index in [-0.39, 0.29) is 48.4 Å². The highest BCUT2D eigenvalue weighted by atomic mass is 127. The van der Waals surface area contributed by atoms with Crippen LogP contribution in [0, 0.1) is 0 Å². The Hall–Kier alpha value is -0.130. The molecular formula is C16H34IN3O4S. The van der Waals surface area contributed by atoms with Gasteiger partial charge < -0.3 is 20.1 Å². The van der Waals surface area contributed by atoms with E-state index in [0.29, 0.717) is 25.7 Å². The molecule has 9 heteroatoms. The van der Waals surface area contributed by atoms with Crippen molar-refractivity contribution in [2.75, 3.05) is 38.7 Å². The third-order valence-corrected chi connectivity index (χ3v) is 6.35. The third kappa shape index (κ3) is 9.39. The average molecular weight is 491 g/mol. The second kappa shape index (κ2) is 11.6. The van der Waals surface area contributed by atoms with Gasteiger partial charge >= 0.3 is 0 Å². The predicted octanol–water partition coefficient (Wildman–Crippen LogP) is 1.57. The summed E-state index contributed by atoms with van der Waals surface area (Å²) in [7, 11) is -3.16. The number of rotatable bonds is 8. The number of hydrogen-bond donors (Lipinski definition) is 2. The van der Waals surface area contributed by atoms with Gasteiger partial charge in [-0.05, 0) is 41.0 Å². The molecule has 0 aliphatic carbocycles. The lowest BCUT2D eigenvalue weighted by atomic mass is 10.3. The van der Waals surface area contributed by atoms with Crippen molar-refractivity contribution in [1.29, 1.82) is 0 Å². The quantitative estimate of drug-likeness (QED) is 0.305. The van der Waals surface area contributed by atoms with Gasteiger partial charge in [0.1, 0.15) is 0 Å². The summed E-state index contributed by atoms with van der Waals surface area (Å²) >= 11 is 0. The molecule has 25 heavy (non-hydrogen) atoms. The number of halogens is 1. The predicted molar refractivity (Wildman–Crippen MR) is 113 cm³/mol. The molecule has 2 unspecified atom stereocenters. The molecule has 0 bridgehead atoms. The molecule has 1 aliphatic rings. The first-order valence-corrected chi connectivity index (χ1v) is 10.3. The Morgan fingerprint density at radius 3 is 2.60 bits per heavy atom. The Labute approximate surface area is 169 Å². The fourth-order valence-corrected chi connectivity index (χ4v) is 3.05. The summed E-state index contributed by atoms with van der Waals surface area (Å²) in [6.07, 6.45) is 1.11. The van der Waals surface area contributed by atoms with Gasteiger partial charge in [-0.2, -0.15) is 0 Å². The molecule has 0 radical (unpaired) electrons. The van der Waals surface area contributed by atoms with Crippen molar-refractivity contribution in [1.82, 2.24) is 10.6 Å². The topological polar surface area (TPSA) is 89.0 Å². The molecule has 0 aromatic heterocycles. The highest BCUT2D eigenvalue weighted by Gasteiger charge is 2.28. The van der Waals surface area contributed by atoms with Crippen LogP contribution >= 0.6 is 24.0 Å². The highest BCUT2D eigenvalue weighted by molar-refractivity contribution is 14.0. The van der Waals surface area contributed by atoms with Gasteiger partial charge in [-0.3, -0.25) is 4.99 Å². The summed E-state index contributed by atoms with van der Waals surface area (Å²) in [6, 6.07) is 0.0719. The summed E-state index contributed by atoms with van der Waals surface area (Å²) in [4.78, 5) is 4.37. The van der Waals surface area contributed by atoms with Crippen LogP contribution in [0.25, 0.3) is 0 Å². The van der Waals surface area contributed by atoms with Gasteiger partial charge in [-0.1, -0.05) is 0 Å². The molecule has 2 N–H and O–H groups in total. The monoisotopic (exact) mass is 491 g/mol. The molecule has 7 nitrogen and oxygen atoms in total. The summed E-state index contributed by atoms with van der Waals surface area (Å²) in [5.41, 5.74) is 0. The zero-order valence-electron chi connectivity index (χ0n) is 16.0. The molecule has 150 valence electrons. The molecular weight excluding hydrogens is 457 g/mol. The van der Waals surface area contributed by atoms with Crippen LogP contribution in [-0.4, -0.2) is 69.9 Å². The Balaban J connectivity index is 0.00000576. The number of sulfone groups is 1. The van der Waals surface area contributed by atoms with Crippen molar-refractivity contribution < 1.29 is 17.9 Å². The van der Waals surface area contributed by atoms with E-state index in [0.717, 1.165) is 13.0 Å². The molecule has 1 heterocycles. The molecule has 0 aromatic rings. The van der Waals surface area contributed by atoms with Gasteiger partial charge in [-0.15, -0.1) is 24.0 Å². The molecule has 0 amide bonds. The van der Waals surface area contributed by atoms with Crippen LogP contribution < -0.4 is 10.6 Å². The Kier molecular flexibility index (Phi) is 11.5. The fraction of sp³-hybridized carbons (Fsp3) is 0.938. The maximum atomic E-state index is 12.1. The maximum absolute atomic E-state index is 12.1. The number of ether oxygens (including phenoxy) is 2. The number of hydrogen-bond acceptors (Lipinski definition) is 5. The largest absolute Gasteiger partial charge is 0.379 e. The Morgan fingerprint density at radius 2 is 2.08 bits per heavy atom. The molecule has 1 aliphatic heterocycles. The van der Waals surface area contributed by atoms with Crippen LogP contribution in [-0.2, 0) is 19.3 Å². The van der Waals surface area contributed by atoms with Crippen molar-refractivity contribution in [2.45, 2.75) is 57.9 Å². The van der Waals surface area contributed by atoms with Crippen molar-refractivity contribution in [3.8, 4) is 0 Å². The number of guanidine groups is 1. The zero-order chi connectivity index (χ0) is 18.2. The van der Waals surface area contributed by atoms with Crippen molar-refractivity contribution in [3.63, 3.8) is 0 Å². The van der Waals surface area contributed by atoms with Gasteiger partial charge in [0.15, 0.2) is 15.8 Å². The van der Waals surface area contributed by atoms with Gasteiger partial charge in [-0.25, -0.2) is 8.42 Å². The molecule has 1 rings (SSSR count). The van der Waals surface area contributed by atoms with E-state index in [9.17, 15) is 8.42 Å². The maximum Gasteiger partial charge on any atom is 0.191 e. The minimum Gasteiger partial charge on any atom is -0.379 e. The summed E-state index contributed by atoms with van der Waals surface area (Å²) in [6.45, 7) is 12.0. The third-order valence-electron chi connectivity index (χ3n) is 3.76. The second-order valence-corrected chi connectivity index (χ2v) is 9.92. The van der Waals surface area contributed by atoms with Gasteiger partial charge in [0.2, 0.25) is 0 Å². The lowest BCUT2D eigenvalue weighted by Crippen LogP contribution is -2.45. The lowest BCUT2D eigenvalue weighted by molar-refractivity contribution is 0.0347. The molecule has 1 saturated heterocycles. The van der Waals surface area contributed by atoms with Crippen LogP contribution in [0.5, 0.6) is 0 Å². The minimum absolute atomic E-state index is 0. The summed E-state index contributed by atoms with van der Waals surface area (Å²) < 4.78 is 34.6. The van der Waals surface area contributed by atoms with E-state index in [1.165, 1.54) is 0 Å². The van der Waals surface area contributed by atoms with Crippen LogP contribution in [0.1, 0.15) is 41.0 Å². The first-order chi connectivity index (χ1) is 11.2. The SMILES string of the molecule is CCNC(=NCCS(=O)(=O)C(C)(C)C)NC(C)COC1CCOC1.I. The first-order valence-electron chi connectivity index (χ1n) is 8.62. The molecule has 0 spiro atoms. The van der Waals surface area contributed by atoms with Crippen molar-refractivity contribution >= 4 is 39.8 Å². The van der Waals surface area contributed by atoms with Gasteiger partial charge in [0, 0.05) is 19.2 Å². The number of nitrogens with one attached hydrogen (secondary N) is 2. The van der Waals surface area contributed by atoms with Crippen LogP contribution in [0.3, 0.4) is 0 Å². The molecule has 1 fully saturated rings. The standard InChI is InChI=1S/C16H33N3O4S.HI/c1-6-17-15(18-8-10-24(20,21)16(3,4)5)19-13(2)11-23-14-7-9-22-12-14;/h13-14H,6-12H2,1-5H3,(H2,17,18,19);1H.